The van der Waals surface area contributed by atoms with Crippen molar-refractivity contribution in [1.29, 1.82) is 5.26 Å². The number of hydrogen-bond acceptors (Lipinski definition) is 6. The van der Waals surface area contributed by atoms with Gasteiger partial charge in [-0.15, -0.1) is 11.3 Å². The Hall–Kier alpha value is -3.11. The summed E-state index contributed by atoms with van der Waals surface area (Å²) in [6, 6.07) is 10.3. The van der Waals surface area contributed by atoms with Gasteiger partial charge in [0, 0.05) is 36.3 Å². The fourth-order valence-electron chi connectivity index (χ4n) is 3.67. The summed E-state index contributed by atoms with van der Waals surface area (Å²) in [6.07, 6.45) is 4.89. The number of fused-ring (bicyclic) bond motifs is 1. The molecule has 0 fully saturated rings. The van der Waals surface area contributed by atoms with Gasteiger partial charge < -0.3 is 17.2 Å². The lowest BCUT2D eigenvalue weighted by molar-refractivity contribution is 0.100. The van der Waals surface area contributed by atoms with E-state index in [2.05, 4.69) is 11.1 Å². The summed E-state index contributed by atoms with van der Waals surface area (Å²) < 4.78 is 0. The quantitative estimate of drug-likeness (QED) is 0.704. The molecule has 7 heteroatoms. The number of nitrogens with zero attached hydrogens (tertiary/aromatic N) is 2. The number of allylic oxidation sites excluding steroid dienone is 1. The normalized spacial score (nSPS) is 19.6. The molecule has 1 aliphatic carbocycles. The van der Waals surface area contributed by atoms with Crippen LogP contribution in [0.5, 0.6) is 0 Å². The molecule has 1 aromatic heterocycles. The van der Waals surface area contributed by atoms with Crippen LogP contribution in [0.4, 0.5) is 5.00 Å². The van der Waals surface area contributed by atoms with E-state index >= 15 is 0 Å². The number of amides is 1. The van der Waals surface area contributed by atoms with E-state index in [0.717, 1.165) is 27.1 Å². The van der Waals surface area contributed by atoms with Crippen molar-refractivity contribution in [2.24, 2.45) is 16.5 Å². The fraction of sp³-hybridized carbons (Fsp3) is 0.250. The van der Waals surface area contributed by atoms with E-state index in [9.17, 15) is 10.1 Å². The molecule has 138 valence electrons. The van der Waals surface area contributed by atoms with E-state index in [1.807, 2.05) is 24.3 Å². The van der Waals surface area contributed by atoms with Crippen LogP contribution in [0.1, 0.15) is 38.3 Å². The smallest absolute Gasteiger partial charge is 0.251 e. The molecule has 0 saturated heterocycles. The van der Waals surface area contributed by atoms with Gasteiger partial charge in [-0.2, -0.15) is 5.26 Å². The predicted octanol–water partition coefficient (Wildman–Crippen LogP) is 2.38. The number of rotatable bonds is 4. The van der Waals surface area contributed by atoms with E-state index in [0.29, 0.717) is 29.8 Å². The highest BCUT2D eigenvalue weighted by atomic mass is 32.1. The molecule has 6 nitrogen and oxygen atoms in total. The molecule has 0 spiro atoms. The van der Waals surface area contributed by atoms with Crippen LogP contribution in [0, 0.1) is 11.3 Å². The molecule has 0 aliphatic heterocycles. The number of aliphatic imine (C=N–C) groups is 1. The van der Waals surface area contributed by atoms with Gasteiger partial charge in [-0.3, -0.25) is 9.79 Å². The zero-order valence-electron chi connectivity index (χ0n) is 15.0. The minimum atomic E-state index is -0.682. The SMILES string of the molecule is CN=C/C(=C\N)c1cccc(C2(C#N)CCc3c(sc(N)c3C(N)=O)C2)c1. The van der Waals surface area contributed by atoms with E-state index < -0.39 is 11.3 Å². The molecular weight excluding hydrogens is 358 g/mol. The number of carbonyl (C=O) groups is 1. The van der Waals surface area contributed by atoms with Crippen LogP contribution in [0.3, 0.4) is 0 Å². The molecule has 6 N–H and O–H groups in total. The first-order valence-corrected chi connectivity index (χ1v) is 9.33. The standard InChI is InChI=1S/C20H21N5OS/c1-25-10-13(9-21)12-3-2-4-14(7-12)20(11-22)6-5-15-16(8-20)27-19(24)17(15)18(23)26/h2-4,7,9-10H,5-6,8,21,24H2,1H3,(H2,23,26)/b13-9+,25-10?. The number of anilines is 1. The highest BCUT2D eigenvalue weighted by Crippen LogP contribution is 2.44. The Morgan fingerprint density at radius 1 is 1.44 bits per heavy atom. The van der Waals surface area contributed by atoms with Crippen LogP contribution < -0.4 is 17.2 Å². The van der Waals surface area contributed by atoms with Gasteiger partial charge in [-0.05, 0) is 35.6 Å². The molecule has 3 rings (SSSR count). The van der Waals surface area contributed by atoms with E-state index in [4.69, 9.17) is 17.2 Å². The van der Waals surface area contributed by atoms with Gasteiger partial charge in [0.25, 0.3) is 5.91 Å². The third kappa shape index (κ3) is 3.20. The van der Waals surface area contributed by atoms with Crippen molar-refractivity contribution < 1.29 is 4.79 Å². The van der Waals surface area contributed by atoms with Crippen molar-refractivity contribution in [1.82, 2.24) is 0 Å². The molecule has 1 aromatic carbocycles. The average molecular weight is 379 g/mol. The van der Waals surface area contributed by atoms with Gasteiger partial charge in [0.05, 0.1) is 22.0 Å². The predicted molar refractivity (Wildman–Crippen MR) is 110 cm³/mol. The summed E-state index contributed by atoms with van der Waals surface area (Å²) in [6.45, 7) is 0. The fourth-order valence-corrected chi connectivity index (χ4v) is 4.90. The third-order valence-electron chi connectivity index (χ3n) is 5.04. The van der Waals surface area contributed by atoms with E-state index in [1.165, 1.54) is 17.5 Å². The highest BCUT2D eigenvalue weighted by molar-refractivity contribution is 7.16. The molecule has 27 heavy (non-hydrogen) atoms. The van der Waals surface area contributed by atoms with Gasteiger partial charge in [-0.1, -0.05) is 18.2 Å². The number of carbonyl (C=O) groups excluding carboxylic acids is 1. The van der Waals surface area contributed by atoms with Gasteiger partial charge in [0.2, 0.25) is 0 Å². The first-order chi connectivity index (χ1) is 13.0. The van der Waals surface area contributed by atoms with Crippen molar-refractivity contribution in [3.8, 4) is 6.07 Å². The maximum atomic E-state index is 11.7. The van der Waals surface area contributed by atoms with Crippen LogP contribution >= 0.6 is 11.3 Å². The van der Waals surface area contributed by atoms with Gasteiger partial charge in [0.15, 0.2) is 0 Å². The van der Waals surface area contributed by atoms with Crippen molar-refractivity contribution in [2.45, 2.75) is 24.7 Å². The Morgan fingerprint density at radius 3 is 2.85 bits per heavy atom. The summed E-state index contributed by atoms with van der Waals surface area (Å²) >= 11 is 1.35. The summed E-state index contributed by atoms with van der Waals surface area (Å²) in [5.74, 6) is -0.506. The van der Waals surface area contributed by atoms with Crippen molar-refractivity contribution in [3.63, 3.8) is 0 Å². The van der Waals surface area contributed by atoms with E-state index in [1.54, 1.807) is 13.3 Å². The Bertz CT molecular complexity index is 998. The Labute approximate surface area is 162 Å². The van der Waals surface area contributed by atoms with Crippen LogP contribution in [0.25, 0.3) is 5.57 Å². The summed E-state index contributed by atoms with van der Waals surface area (Å²) in [4.78, 5) is 16.7. The molecule has 1 atom stereocenters. The number of benzene rings is 1. The van der Waals surface area contributed by atoms with Gasteiger partial charge in [-0.25, -0.2) is 0 Å². The number of hydrogen-bond donors (Lipinski definition) is 3. The van der Waals surface area contributed by atoms with E-state index in [-0.39, 0.29) is 0 Å². The minimum absolute atomic E-state index is 0.419. The second kappa shape index (κ2) is 7.25. The molecule has 0 bridgehead atoms. The minimum Gasteiger partial charge on any atom is -0.404 e. The lowest BCUT2D eigenvalue weighted by atomic mass is 9.70. The monoisotopic (exact) mass is 379 g/mol. The van der Waals surface area contributed by atoms with Gasteiger partial charge >= 0.3 is 0 Å². The maximum absolute atomic E-state index is 11.7. The third-order valence-corrected chi connectivity index (χ3v) is 6.10. The number of nitrogen functional groups attached to an aromatic ring is 1. The largest absolute Gasteiger partial charge is 0.404 e. The van der Waals surface area contributed by atoms with Crippen LogP contribution in [0.15, 0.2) is 35.5 Å². The van der Waals surface area contributed by atoms with Crippen LogP contribution in [-0.2, 0) is 18.3 Å². The maximum Gasteiger partial charge on any atom is 0.251 e. The summed E-state index contributed by atoms with van der Waals surface area (Å²) in [5, 5.41) is 10.5. The average Bonchev–Trinajstić information content (AvgIpc) is 3.00. The molecular formula is C20H21N5OS. The van der Waals surface area contributed by atoms with Crippen molar-refractivity contribution in [2.75, 3.05) is 12.8 Å². The zero-order chi connectivity index (χ0) is 19.6. The molecule has 0 saturated carbocycles. The summed E-state index contributed by atoms with van der Waals surface area (Å²) in [5.41, 5.74) is 20.5. The zero-order valence-corrected chi connectivity index (χ0v) is 15.8. The second-order valence-corrected chi connectivity index (χ2v) is 7.70. The first kappa shape index (κ1) is 18.7. The number of nitriles is 1. The highest BCUT2D eigenvalue weighted by Gasteiger charge is 2.39. The van der Waals surface area contributed by atoms with Crippen molar-refractivity contribution >= 4 is 34.0 Å². The molecule has 1 heterocycles. The Balaban J connectivity index is 2.05. The molecule has 1 amide bonds. The van der Waals surface area contributed by atoms with Gasteiger partial charge in [0.1, 0.15) is 0 Å². The Morgan fingerprint density at radius 2 is 2.22 bits per heavy atom. The Kier molecular flexibility index (Phi) is 5.02. The molecule has 2 aromatic rings. The molecule has 1 aliphatic rings. The van der Waals surface area contributed by atoms with Crippen LogP contribution in [0.2, 0.25) is 0 Å². The molecule has 0 radical (unpaired) electrons. The second-order valence-electron chi connectivity index (χ2n) is 6.57. The first-order valence-electron chi connectivity index (χ1n) is 8.52. The molecule has 1 unspecified atom stereocenters. The van der Waals surface area contributed by atoms with Crippen LogP contribution in [-0.4, -0.2) is 19.2 Å². The summed E-state index contributed by atoms with van der Waals surface area (Å²) in [7, 11) is 1.68. The number of nitrogens with two attached hydrogens (primary N) is 3. The number of primary amides is 1. The topological polar surface area (TPSA) is 131 Å². The lowest BCUT2D eigenvalue weighted by Gasteiger charge is -2.31. The van der Waals surface area contributed by atoms with Crippen molar-refractivity contribution in [3.05, 3.63) is 57.6 Å². The number of thiophene rings is 1. The lowest BCUT2D eigenvalue weighted by Crippen LogP contribution is -2.32.